The lowest BCUT2D eigenvalue weighted by Gasteiger charge is -2.17. The van der Waals surface area contributed by atoms with Gasteiger partial charge in [-0.05, 0) is 25.8 Å². The molecule has 0 aliphatic rings. The lowest BCUT2D eigenvalue weighted by molar-refractivity contribution is -0.384. The average molecular weight is 356 g/mol. The highest BCUT2D eigenvalue weighted by Crippen LogP contribution is 2.12. The van der Waals surface area contributed by atoms with Gasteiger partial charge in [0.05, 0.1) is 17.2 Å². The molecule has 0 heterocycles. The number of non-ortho nitro benzene ring substituents is 1. The summed E-state index contributed by atoms with van der Waals surface area (Å²) in [6.07, 6.45) is 1.70. The van der Waals surface area contributed by atoms with Crippen LogP contribution in [-0.4, -0.2) is 43.9 Å². The van der Waals surface area contributed by atoms with Gasteiger partial charge in [0.25, 0.3) is 5.69 Å². The quantitative estimate of drug-likeness (QED) is 0.316. The van der Waals surface area contributed by atoms with Crippen molar-refractivity contribution in [3.05, 3.63) is 39.9 Å². The predicted octanol–water partition coefficient (Wildman–Crippen LogP) is 1.47. The van der Waals surface area contributed by atoms with Crippen molar-refractivity contribution >= 4 is 21.5 Å². The lowest BCUT2D eigenvalue weighted by Crippen LogP contribution is -2.42. The van der Waals surface area contributed by atoms with E-state index in [9.17, 15) is 18.5 Å². The number of benzene rings is 1. The van der Waals surface area contributed by atoms with Gasteiger partial charge in [-0.1, -0.05) is 12.1 Å². The zero-order valence-electron chi connectivity index (χ0n) is 14.2. The third-order valence-electron chi connectivity index (χ3n) is 3.22. The largest absolute Gasteiger partial charge is 0.357 e. The molecular weight excluding hydrogens is 332 g/mol. The maximum atomic E-state index is 11.2. The van der Waals surface area contributed by atoms with Crippen LogP contribution in [0.3, 0.4) is 0 Å². The second-order valence-electron chi connectivity index (χ2n) is 5.58. The molecule has 1 aromatic carbocycles. The van der Waals surface area contributed by atoms with Gasteiger partial charge in [0.15, 0.2) is 5.96 Å². The molecule has 1 unspecified atom stereocenters. The highest BCUT2D eigenvalue weighted by Gasteiger charge is 2.09. The molecule has 1 rings (SSSR count). The Labute approximate surface area is 142 Å². The predicted molar refractivity (Wildman–Crippen MR) is 94.8 cm³/mol. The Kier molecular flexibility index (Phi) is 7.63. The molecule has 9 heteroatoms. The Morgan fingerprint density at radius 3 is 2.46 bits per heavy atom. The van der Waals surface area contributed by atoms with Crippen LogP contribution < -0.4 is 10.6 Å². The number of nitrogens with zero attached hydrogens (tertiary/aromatic N) is 2. The Morgan fingerprint density at radius 2 is 1.96 bits per heavy atom. The van der Waals surface area contributed by atoms with E-state index in [0.717, 1.165) is 5.56 Å². The topological polar surface area (TPSA) is 114 Å². The number of nitrogens with one attached hydrogen (secondary N) is 2. The summed E-state index contributed by atoms with van der Waals surface area (Å²) < 4.78 is 22.4. The number of nitro benzene ring substituents is 1. The Morgan fingerprint density at radius 1 is 1.33 bits per heavy atom. The van der Waals surface area contributed by atoms with Gasteiger partial charge in [0.2, 0.25) is 0 Å². The summed E-state index contributed by atoms with van der Waals surface area (Å²) >= 11 is 0. The lowest BCUT2D eigenvalue weighted by atomic mass is 10.2. The fraction of sp³-hybridized carbons (Fsp3) is 0.533. The molecule has 0 aliphatic carbocycles. The van der Waals surface area contributed by atoms with Gasteiger partial charge in [-0.15, -0.1) is 0 Å². The number of nitro groups is 1. The first kappa shape index (κ1) is 19.9. The van der Waals surface area contributed by atoms with E-state index >= 15 is 0 Å². The molecule has 0 amide bonds. The van der Waals surface area contributed by atoms with Crippen LogP contribution in [0.4, 0.5) is 5.69 Å². The van der Waals surface area contributed by atoms with E-state index in [4.69, 9.17) is 0 Å². The monoisotopic (exact) mass is 356 g/mol. The minimum absolute atomic E-state index is 0.0437. The van der Waals surface area contributed by atoms with Crippen LogP contribution in [0.2, 0.25) is 0 Å². The summed E-state index contributed by atoms with van der Waals surface area (Å²) in [4.78, 5) is 14.6. The van der Waals surface area contributed by atoms with Crippen molar-refractivity contribution in [2.75, 3.05) is 18.6 Å². The third kappa shape index (κ3) is 7.91. The Balaban J connectivity index is 2.65. The van der Waals surface area contributed by atoms with Gasteiger partial charge >= 0.3 is 0 Å². The third-order valence-corrected chi connectivity index (χ3v) is 4.19. The van der Waals surface area contributed by atoms with Crippen molar-refractivity contribution in [1.82, 2.24) is 10.6 Å². The van der Waals surface area contributed by atoms with E-state index in [-0.39, 0.29) is 17.5 Å². The van der Waals surface area contributed by atoms with Gasteiger partial charge in [-0.3, -0.25) is 10.1 Å². The Bertz CT molecular complexity index is 671. The zero-order valence-corrected chi connectivity index (χ0v) is 15.0. The van der Waals surface area contributed by atoms with Crippen LogP contribution in [0.25, 0.3) is 0 Å². The fourth-order valence-electron chi connectivity index (χ4n) is 1.91. The van der Waals surface area contributed by atoms with E-state index < -0.39 is 14.8 Å². The SMILES string of the molecule is CCNC(=NCc1ccc([N+](=O)[O-])cc1)NC(C)CCS(C)(=O)=O. The number of hydrogen-bond acceptors (Lipinski definition) is 5. The molecule has 0 saturated carbocycles. The van der Waals surface area contributed by atoms with Crippen molar-refractivity contribution in [3.8, 4) is 0 Å². The summed E-state index contributed by atoms with van der Waals surface area (Å²) in [5.41, 5.74) is 0.892. The minimum Gasteiger partial charge on any atom is -0.357 e. The molecular formula is C15H24N4O4S. The summed E-state index contributed by atoms with van der Waals surface area (Å²) in [5.74, 6) is 0.694. The van der Waals surface area contributed by atoms with Crippen LogP contribution in [0.1, 0.15) is 25.8 Å². The maximum absolute atomic E-state index is 11.2. The highest BCUT2D eigenvalue weighted by molar-refractivity contribution is 7.90. The van der Waals surface area contributed by atoms with Crippen LogP contribution in [-0.2, 0) is 16.4 Å². The van der Waals surface area contributed by atoms with Crippen molar-refractivity contribution in [3.63, 3.8) is 0 Å². The molecule has 134 valence electrons. The second kappa shape index (κ2) is 9.21. The number of aliphatic imine (C=N–C) groups is 1. The summed E-state index contributed by atoms with van der Waals surface area (Å²) in [6, 6.07) is 6.17. The molecule has 0 fully saturated rings. The molecule has 24 heavy (non-hydrogen) atoms. The first-order chi connectivity index (χ1) is 11.2. The van der Waals surface area contributed by atoms with E-state index in [0.29, 0.717) is 25.5 Å². The summed E-state index contributed by atoms with van der Waals surface area (Å²) in [7, 11) is -2.99. The van der Waals surface area contributed by atoms with E-state index in [1.807, 2.05) is 13.8 Å². The molecule has 1 aromatic rings. The minimum atomic E-state index is -2.99. The van der Waals surface area contributed by atoms with Crippen LogP contribution >= 0.6 is 0 Å². The number of hydrogen-bond donors (Lipinski definition) is 2. The fourth-order valence-corrected chi connectivity index (χ4v) is 2.69. The standard InChI is InChI=1S/C15H24N4O4S/c1-4-16-15(18-12(2)9-10-24(3,22)23)17-11-13-5-7-14(8-6-13)19(20)21/h5-8,12H,4,9-11H2,1-3H3,(H2,16,17,18). The summed E-state index contributed by atoms with van der Waals surface area (Å²) in [5, 5.41) is 16.9. The van der Waals surface area contributed by atoms with E-state index in [2.05, 4.69) is 15.6 Å². The van der Waals surface area contributed by atoms with Crippen molar-refractivity contribution in [1.29, 1.82) is 0 Å². The van der Waals surface area contributed by atoms with E-state index in [1.165, 1.54) is 18.4 Å². The normalized spacial score (nSPS) is 13.4. The number of sulfone groups is 1. The van der Waals surface area contributed by atoms with E-state index in [1.54, 1.807) is 12.1 Å². The second-order valence-corrected chi connectivity index (χ2v) is 7.84. The van der Waals surface area contributed by atoms with Gasteiger partial charge in [0, 0.05) is 31.0 Å². The Hall–Kier alpha value is -2.16. The first-order valence-corrected chi connectivity index (χ1v) is 9.73. The average Bonchev–Trinajstić information content (AvgIpc) is 2.50. The van der Waals surface area contributed by atoms with Crippen molar-refractivity contribution in [2.24, 2.45) is 4.99 Å². The first-order valence-electron chi connectivity index (χ1n) is 7.67. The van der Waals surface area contributed by atoms with Crippen LogP contribution in [0, 0.1) is 10.1 Å². The van der Waals surface area contributed by atoms with Gasteiger partial charge in [0.1, 0.15) is 9.84 Å². The molecule has 0 aromatic heterocycles. The number of guanidine groups is 1. The molecule has 0 spiro atoms. The molecule has 0 saturated heterocycles. The van der Waals surface area contributed by atoms with Gasteiger partial charge < -0.3 is 10.6 Å². The van der Waals surface area contributed by atoms with Crippen LogP contribution in [0.5, 0.6) is 0 Å². The van der Waals surface area contributed by atoms with Gasteiger partial charge in [-0.25, -0.2) is 13.4 Å². The molecule has 0 aliphatic heterocycles. The zero-order chi connectivity index (χ0) is 18.2. The maximum Gasteiger partial charge on any atom is 0.269 e. The summed E-state index contributed by atoms with van der Waals surface area (Å²) in [6.45, 7) is 4.87. The molecule has 8 nitrogen and oxygen atoms in total. The molecule has 0 bridgehead atoms. The number of rotatable bonds is 8. The van der Waals surface area contributed by atoms with Crippen molar-refractivity contribution in [2.45, 2.75) is 32.9 Å². The van der Waals surface area contributed by atoms with Crippen molar-refractivity contribution < 1.29 is 13.3 Å². The molecule has 2 N–H and O–H groups in total. The van der Waals surface area contributed by atoms with Crippen LogP contribution in [0.15, 0.2) is 29.3 Å². The molecule has 1 atom stereocenters. The highest BCUT2D eigenvalue weighted by atomic mass is 32.2. The van der Waals surface area contributed by atoms with Gasteiger partial charge in [-0.2, -0.15) is 0 Å². The molecule has 0 radical (unpaired) electrons. The smallest absolute Gasteiger partial charge is 0.269 e.